The van der Waals surface area contributed by atoms with Crippen LogP contribution in [0.3, 0.4) is 0 Å². The summed E-state index contributed by atoms with van der Waals surface area (Å²) in [5, 5.41) is 7.73. The molecule has 0 aliphatic rings. The Balaban J connectivity index is 2.39. The van der Waals surface area contributed by atoms with Gasteiger partial charge in [-0.15, -0.1) is 0 Å². The molecule has 19 heavy (non-hydrogen) atoms. The molecule has 1 aromatic carbocycles. The third-order valence-electron chi connectivity index (χ3n) is 3.07. The summed E-state index contributed by atoms with van der Waals surface area (Å²) in [5.41, 5.74) is 2.32. The monoisotopic (exact) mass is 323 g/mol. The minimum atomic E-state index is 0.125. The molecular weight excluding hydrogens is 306 g/mol. The Morgan fingerprint density at radius 1 is 1.42 bits per heavy atom. The second-order valence-corrected chi connectivity index (χ2v) is 5.12. The number of nitrogens with zero attached hydrogens (tertiary/aromatic N) is 2. The molecular formula is C14H18BrN3O. The Morgan fingerprint density at radius 2 is 2.21 bits per heavy atom. The molecule has 0 saturated carbocycles. The van der Waals surface area contributed by atoms with Gasteiger partial charge in [0.05, 0.1) is 23.3 Å². The lowest BCUT2D eigenvalue weighted by molar-refractivity contribution is 0.411. The Labute approximate surface area is 121 Å². The van der Waals surface area contributed by atoms with Crippen LogP contribution in [0.15, 0.2) is 34.9 Å². The molecule has 1 aromatic heterocycles. The molecule has 5 heteroatoms. The first-order chi connectivity index (χ1) is 9.17. The van der Waals surface area contributed by atoms with Gasteiger partial charge in [-0.25, -0.2) is 0 Å². The lowest BCUT2D eigenvalue weighted by atomic mass is 10.0. The van der Waals surface area contributed by atoms with Gasteiger partial charge in [-0.3, -0.25) is 4.68 Å². The minimum absolute atomic E-state index is 0.125. The highest BCUT2D eigenvalue weighted by atomic mass is 79.9. The van der Waals surface area contributed by atoms with Crippen molar-refractivity contribution in [1.29, 1.82) is 0 Å². The molecule has 1 heterocycles. The summed E-state index contributed by atoms with van der Waals surface area (Å²) in [6.07, 6.45) is 1.82. The molecule has 1 N–H and O–H groups in total. The number of ether oxygens (including phenoxy) is 1. The highest BCUT2D eigenvalue weighted by Crippen LogP contribution is 2.30. The van der Waals surface area contributed by atoms with Crippen molar-refractivity contribution in [3.63, 3.8) is 0 Å². The molecule has 0 aliphatic carbocycles. The second kappa shape index (κ2) is 6.21. The molecule has 0 amide bonds. The van der Waals surface area contributed by atoms with Gasteiger partial charge in [-0.2, -0.15) is 5.10 Å². The Morgan fingerprint density at radius 3 is 2.74 bits per heavy atom. The maximum absolute atomic E-state index is 5.27. The van der Waals surface area contributed by atoms with Crippen LogP contribution in [0.1, 0.15) is 24.2 Å². The van der Waals surface area contributed by atoms with E-state index in [9.17, 15) is 0 Å². The van der Waals surface area contributed by atoms with Gasteiger partial charge >= 0.3 is 0 Å². The zero-order valence-electron chi connectivity index (χ0n) is 11.4. The topological polar surface area (TPSA) is 39.1 Å². The fourth-order valence-electron chi connectivity index (χ4n) is 2.13. The van der Waals surface area contributed by atoms with Crippen molar-refractivity contribution in [3.8, 4) is 5.75 Å². The standard InChI is InChI=1S/C14H18BrN3O/c1-4-16-14(12-7-8-17-18(12)2)10-5-6-13(19-3)11(15)9-10/h5-9,14,16H,4H2,1-3H3. The number of aryl methyl sites for hydroxylation is 1. The first-order valence-corrected chi connectivity index (χ1v) is 7.01. The summed E-state index contributed by atoms with van der Waals surface area (Å²) < 4.78 is 8.12. The summed E-state index contributed by atoms with van der Waals surface area (Å²) >= 11 is 3.53. The van der Waals surface area contributed by atoms with E-state index in [4.69, 9.17) is 4.74 Å². The van der Waals surface area contributed by atoms with Gasteiger partial charge in [0.15, 0.2) is 0 Å². The number of methoxy groups -OCH3 is 1. The van der Waals surface area contributed by atoms with E-state index in [1.807, 2.05) is 30.1 Å². The number of nitrogens with one attached hydrogen (secondary N) is 1. The first kappa shape index (κ1) is 14.1. The number of aromatic nitrogens is 2. The number of benzene rings is 1. The molecule has 0 fully saturated rings. The molecule has 4 nitrogen and oxygen atoms in total. The van der Waals surface area contributed by atoms with Gasteiger partial charge in [-0.05, 0) is 46.2 Å². The van der Waals surface area contributed by atoms with Crippen molar-refractivity contribution in [3.05, 3.63) is 46.2 Å². The zero-order chi connectivity index (χ0) is 13.8. The van der Waals surface area contributed by atoms with E-state index in [0.29, 0.717) is 0 Å². The van der Waals surface area contributed by atoms with Crippen molar-refractivity contribution in [2.24, 2.45) is 7.05 Å². The fraction of sp³-hybridized carbons (Fsp3) is 0.357. The predicted molar refractivity (Wildman–Crippen MR) is 79.4 cm³/mol. The van der Waals surface area contributed by atoms with E-state index in [1.165, 1.54) is 5.56 Å². The third kappa shape index (κ3) is 2.98. The number of rotatable bonds is 5. The third-order valence-corrected chi connectivity index (χ3v) is 3.69. The van der Waals surface area contributed by atoms with Crippen molar-refractivity contribution in [2.75, 3.05) is 13.7 Å². The van der Waals surface area contributed by atoms with Crippen molar-refractivity contribution in [1.82, 2.24) is 15.1 Å². The average molecular weight is 324 g/mol. The smallest absolute Gasteiger partial charge is 0.133 e. The summed E-state index contributed by atoms with van der Waals surface area (Å²) in [7, 11) is 3.63. The summed E-state index contributed by atoms with van der Waals surface area (Å²) in [4.78, 5) is 0. The van der Waals surface area contributed by atoms with Crippen LogP contribution in [0.25, 0.3) is 0 Å². The predicted octanol–water partition coefficient (Wildman–Crippen LogP) is 2.89. The molecule has 102 valence electrons. The lowest BCUT2D eigenvalue weighted by Gasteiger charge is -2.19. The summed E-state index contributed by atoms with van der Waals surface area (Å²) in [6.45, 7) is 2.99. The van der Waals surface area contributed by atoms with Crippen molar-refractivity contribution in [2.45, 2.75) is 13.0 Å². The Hall–Kier alpha value is -1.33. The summed E-state index contributed by atoms with van der Waals surface area (Å²) in [6, 6.07) is 8.29. The van der Waals surface area contributed by atoms with Gasteiger partial charge in [0.2, 0.25) is 0 Å². The van der Waals surface area contributed by atoms with Crippen LogP contribution < -0.4 is 10.1 Å². The maximum Gasteiger partial charge on any atom is 0.133 e. The lowest BCUT2D eigenvalue weighted by Crippen LogP contribution is -2.24. The van der Waals surface area contributed by atoms with Gasteiger partial charge in [0.1, 0.15) is 5.75 Å². The molecule has 0 aliphatic heterocycles. The van der Waals surface area contributed by atoms with Gasteiger partial charge in [0, 0.05) is 13.2 Å². The van der Waals surface area contributed by atoms with Crippen molar-refractivity contribution >= 4 is 15.9 Å². The van der Waals surface area contributed by atoms with Crippen LogP contribution in [0.2, 0.25) is 0 Å². The quantitative estimate of drug-likeness (QED) is 0.919. The van der Waals surface area contributed by atoms with Crippen LogP contribution in [-0.2, 0) is 7.05 Å². The zero-order valence-corrected chi connectivity index (χ0v) is 12.9. The highest BCUT2D eigenvalue weighted by Gasteiger charge is 2.17. The normalized spacial score (nSPS) is 12.4. The maximum atomic E-state index is 5.27. The van der Waals surface area contributed by atoms with Crippen LogP contribution in [0, 0.1) is 0 Å². The number of hydrogen-bond acceptors (Lipinski definition) is 3. The second-order valence-electron chi connectivity index (χ2n) is 4.26. The Bertz CT molecular complexity index is 553. The van der Waals surface area contributed by atoms with E-state index >= 15 is 0 Å². The SMILES string of the molecule is CCNC(c1ccc(OC)c(Br)c1)c1ccnn1C. The molecule has 0 saturated heterocycles. The molecule has 0 spiro atoms. The van der Waals surface area contributed by atoms with E-state index in [-0.39, 0.29) is 6.04 Å². The van der Waals surface area contributed by atoms with Crippen LogP contribution in [0.5, 0.6) is 5.75 Å². The molecule has 2 rings (SSSR count). The van der Waals surface area contributed by atoms with Crippen LogP contribution >= 0.6 is 15.9 Å². The number of hydrogen-bond donors (Lipinski definition) is 1. The molecule has 2 aromatic rings. The van der Waals surface area contributed by atoms with Gasteiger partial charge < -0.3 is 10.1 Å². The van der Waals surface area contributed by atoms with Crippen molar-refractivity contribution < 1.29 is 4.74 Å². The fourth-order valence-corrected chi connectivity index (χ4v) is 2.69. The van der Waals surface area contributed by atoms with E-state index in [0.717, 1.165) is 22.5 Å². The van der Waals surface area contributed by atoms with Gasteiger partial charge in [0.25, 0.3) is 0 Å². The van der Waals surface area contributed by atoms with Gasteiger partial charge in [-0.1, -0.05) is 13.0 Å². The highest BCUT2D eigenvalue weighted by molar-refractivity contribution is 9.10. The molecule has 1 atom stereocenters. The van der Waals surface area contributed by atoms with E-state index in [2.05, 4.69) is 45.4 Å². The van der Waals surface area contributed by atoms with Crippen LogP contribution in [-0.4, -0.2) is 23.4 Å². The molecule has 0 bridgehead atoms. The first-order valence-electron chi connectivity index (χ1n) is 6.22. The Kier molecular flexibility index (Phi) is 4.61. The summed E-state index contributed by atoms with van der Waals surface area (Å²) in [5.74, 6) is 0.837. The average Bonchev–Trinajstić information content (AvgIpc) is 2.82. The van der Waals surface area contributed by atoms with E-state index in [1.54, 1.807) is 7.11 Å². The number of halogens is 1. The van der Waals surface area contributed by atoms with Crippen LogP contribution in [0.4, 0.5) is 0 Å². The molecule has 0 radical (unpaired) electrons. The molecule has 1 unspecified atom stereocenters. The largest absolute Gasteiger partial charge is 0.496 e. The minimum Gasteiger partial charge on any atom is -0.496 e. The van der Waals surface area contributed by atoms with E-state index < -0.39 is 0 Å².